The first-order chi connectivity index (χ1) is 15.4. The molecule has 11 heteroatoms. The number of carbonyl (C=O) groups is 1. The molecule has 2 aliphatic heterocycles. The van der Waals surface area contributed by atoms with Crippen LogP contribution in [0.3, 0.4) is 0 Å². The van der Waals surface area contributed by atoms with Crippen molar-refractivity contribution in [1.29, 1.82) is 0 Å². The van der Waals surface area contributed by atoms with Gasteiger partial charge in [-0.25, -0.2) is 9.98 Å². The van der Waals surface area contributed by atoms with E-state index in [0.29, 0.717) is 47.8 Å². The Balaban J connectivity index is 1.49. The molecule has 0 radical (unpaired) electrons. The number of fused-ring (bicyclic) bond motifs is 2. The van der Waals surface area contributed by atoms with Crippen LogP contribution >= 0.6 is 0 Å². The van der Waals surface area contributed by atoms with Crippen molar-refractivity contribution >= 4 is 41.9 Å². The molecular formula is C21H23N7O4. The third-order valence-electron chi connectivity index (χ3n) is 4.61. The SMILES string of the molecule is C=NC(=NC(=NC)Nc1ccc2c(n1)NC(=O)C(C)(C)O2)Nc1ccc2c(c1)OCCO2. The molecule has 0 unspecified atom stereocenters. The lowest BCUT2D eigenvalue weighted by Gasteiger charge is -2.30. The van der Waals surface area contributed by atoms with Gasteiger partial charge in [-0.1, -0.05) is 0 Å². The van der Waals surface area contributed by atoms with Crippen LogP contribution in [-0.4, -0.2) is 55.4 Å². The number of aromatic nitrogens is 1. The monoisotopic (exact) mass is 437 g/mol. The summed E-state index contributed by atoms with van der Waals surface area (Å²) in [4.78, 5) is 28.9. The molecule has 1 aromatic heterocycles. The summed E-state index contributed by atoms with van der Waals surface area (Å²) < 4.78 is 16.8. The number of hydrogen-bond acceptors (Lipinski definition) is 6. The van der Waals surface area contributed by atoms with E-state index in [0.717, 1.165) is 0 Å². The molecule has 0 bridgehead atoms. The zero-order valence-electron chi connectivity index (χ0n) is 17.9. The van der Waals surface area contributed by atoms with Crippen molar-refractivity contribution in [2.24, 2.45) is 15.0 Å². The van der Waals surface area contributed by atoms with Gasteiger partial charge in [0, 0.05) is 18.8 Å². The van der Waals surface area contributed by atoms with Gasteiger partial charge in [0.1, 0.15) is 19.0 Å². The summed E-state index contributed by atoms with van der Waals surface area (Å²) in [5.41, 5.74) is -0.265. The van der Waals surface area contributed by atoms with E-state index in [-0.39, 0.29) is 17.8 Å². The minimum absolute atomic E-state index is 0.214. The average Bonchev–Trinajstić information content (AvgIpc) is 2.78. The Hall–Kier alpha value is -4.15. The van der Waals surface area contributed by atoms with Gasteiger partial charge in [0.05, 0.1) is 0 Å². The highest BCUT2D eigenvalue weighted by atomic mass is 16.6. The first-order valence-electron chi connectivity index (χ1n) is 9.85. The second-order valence-corrected chi connectivity index (χ2v) is 7.36. The van der Waals surface area contributed by atoms with E-state index in [1.165, 1.54) is 0 Å². The number of carbonyl (C=O) groups excluding carboxylic acids is 1. The first-order valence-corrected chi connectivity index (χ1v) is 9.85. The molecule has 1 aromatic carbocycles. The van der Waals surface area contributed by atoms with Gasteiger partial charge in [0.25, 0.3) is 5.91 Å². The molecule has 0 spiro atoms. The van der Waals surface area contributed by atoms with Crippen LogP contribution in [0, 0.1) is 0 Å². The van der Waals surface area contributed by atoms with Crippen LogP contribution in [0.15, 0.2) is 45.3 Å². The summed E-state index contributed by atoms with van der Waals surface area (Å²) in [5.74, 6) is 2.69. The molecule has 2 aromatic rings. The highest BCUT2D eigenvalue weighted by molar-refractivity contribution is 6.07. The maximum Gasteiger partial charge on any atom is 0.269 e. The van der Waals surface area contributed by atoms with Crippen LogP contribution in [-0.2, 0) is 4.79 Å². The highest BCUT2D eigenvalue weighted by Crippen LogP contribution is 2.33. The van der Waals surface area contributed by atoms with Gasteiger partial charge in [-0.15, -0.1) is 0 Å². The summed E-state index contributed by atoms with van der Waals surface area (Å²) >= 11 is 0. The van der Waals surface area contributed by atoms with Crippen molar-refractivity contribution < 1.29 is 19.0 Å². The Labute approximate surface area is 184 Å². The Morgan fingerprint density at radius 3 is 2.59 bits per heavy atom. The first kappa shape index (κ1) is 21.1. The summed E-state index contributed by atoms with van der Waals surface area (Å²) in [7, 11) is 1.57. The predicted molar refractivity (Wildman–Crippen MR) is 123 cm³/mol. The standard InChI is InChI=1S/C21H23N7O4/c1-21(2)18(29)27-17-14(32-21)7-8-16(25-17)26-20(23-4)28-19(22-3)24-12-5-6-13-15(11-12)31-10-9-30-13/h5-8,11H,3,9-10H2,1-2,4H3,(H3,23,24,25,26,27,28,29). The molecule has 0 saturated heterocycles. The molecular weight excluding hydrogens is 414 g/mol. The number of amides is 1. The number of pyridine rings is 1. The average molecular weight is 437 g/mol. The largest absolute Gasteiger partial charge is 0.486 e. The van der Waals surface area contributed by atoms with Crippen LogP contribution in [0.4, 0.5) is 17.3 Å². The van der Waals surface area contributed by atoms with Gasteiger partial charge in [0.2, 0.25) is 11.9 Å². The van der Waals surface area contributed by atoms with Gasteiger partial charge in [-0.05, 0) is 44.8 Å². The topological polar surface area (TPSA) is 131 Å². The summed E-state index contributed by atoms with van der Waals surface area (Å²) in [6, 6.07) is 8.82. The third-order valence-corrected chi connectivity index (χ3v) is 4.61. The lowest BCUT2D eigenvalue weighted by atomic mass is 10.1. The predicted octanol–water partition coefficient (Wildman–Crippen LogP) is 2.53. The van der Waals surface area contributed by atoms with Crippen LogP contribution in [0.5, 0.6) is 17.2 Å². The van der Waals surface area contributed by atoms with Crippen molar-refractivity contribution in [1.82, 2.24) is 4.98 Å². The third kappa shape index (κ3) is 4.46. The number of hydrogen-bond donors (Lipinski definition) is 3. The minimum Gasteiger partial charge on any atom is -0.486 e. The molecule has 0 atom stereocenters. The second kappa shape index (κ2) is 8.53. The number of guanidine groups is 2. The van der Waals surface area contributed by atoms with Crippen LogP contribution < -0.4 is 30.2 Å². The van der Waals surface area contributed by atoms with Crippen molar-refractivity contribution in [3.8, 4) is 17.2 Å². The van der Waals surface area contributed by atoms with E-state index in [9.17, 15) is 4.79 Å². The molecule has 3 N–H and O–H groups in total. The normalized spacial score (nSPS) is 16.9. The fourth-order valence-electron chi connectivity index (χ4n) is 2.97. The van der Waals surface area contributed by atoms with E-state index in [1.54, 1.807) is 45.2 Å². The number of aliphatic imine (C=N–C) groups is 3. The quantitative estimate of drug-likeness (QED) is 0.486. The number of ether oxygens (including phenoxy) is 3. The lowest BCUT2D eigenvalue weighted by molar-refractivity contribution is -0.129. The smallest absolute Gasteiger partial charge is 0.269 e. The molecule has 0 fully saturated rings. The van der Waals surface area contributed by atoms with Crippen LogP contribution in [0.2, 0.25) is 0 Å². The fourth-order valence-corrected chi connectivity index (χ4v) is 2.97. The molecule has 3 heterocycles. The Kier molecular flexibility index (Phi) is 5.63. The second-order valence-electron chi connectivity index (χ2n) is 7.36. The number of benzene rings is 1. The number of rotatable bonds is 2. The van der Waals surface area contributed by atoms with E-state index in [4.69, 9.17) is 14.2 Å². The van der Waals surface area contributed by atoms with Gasteiger partial charge in [0.15, 0.2) is 28.7 Å². The maximum atomic E-state index is 12.1. The van der Waals surface area contributed by atoms with E-state index in [2.05, 4.69) is 42.6 Å². The molecule has 0 aliphatic carbocycles. The van der Waals surface area contributed by atoms with E-state index >= 15 is 0 Å². The number of nitrogens with zero attached hydrogens (tertiary/aromatic N) is 4. The highest BCUT2D eigenvalue weighted by Gasteiger charge is 2.36. The van der Waals surface area contributed by atoms with Crippen molar-refractivity contribution in [2.75, 3.05) is 36.2 Å². The van der Waals surface area contributed by atoms with Crippen LogP contribution in [0.25, 0.3) is 0 Å². The zero-order valence-corrected chi connectivity index (χ0v) is 17.9. The molecule has 32 heavy (non-hydrogen) atoms. The summed E-state index contributed by atoms with van der Waals surface area (Å²) in [6.45, 7) is 7.94. The van der Waals surface area contributed by atoms with Crippen LogP contribution in [0.1, 0.15) is 13.8 Å². The van der Waals surface area contributed by atoms with Crippen molar-refractivity contribution in [2.45, 2.75) is 19.4 Å². The molecule has 1 amide bonds. The molecule has 2 aliphatic rings. The molecule has 166 valence electrons. The molecule has 4 rings (SSSR count). The summed E-state index contributed by atoms with van der Waals surface area (Å²) in [6.07, 6.45) is 0. The maximum absolute atomic E-state index is 12.1. The summed E-state index contributed by atoms with van der Waals surface area (Å²) in [5, 5.41) is 8.79. The van der Waals surface area contributed by atoms with E-state index in [1.807, 2.05) is 6.07 Å². The van der Waals surface area contributed by atoms with Crippen molar-refractivity contribution in [3.05, 3.63) is 30.3 Å². The number of anilines is 3. The molecule has 0 saturated carbocycles. The van der Waals surface area contributed by atoms with Crippen molar-refractivity contribution in [3.63, 3.8) is 0 Å². The van der Waals surface area contributed by atoms with Gasteiger partial charge in [-0.3, -0.25) is 9.79 Å². The molecule has 11 nitrogen and oxygen atoms in total. The number of nitrogens with one attached hydrogen (secondary N) is 3. The minimum atomic E-state index is -0.964. The fraction of sp³-hybridized carbons (Fsp3) is 0.286. The van der Waals surface area contributed by atoms with Gasteiger partial charge < -0.3 is 30.2 Å². The van der Waals surface area contributed by atoms with Gasteiger partial charge in [-0.2, -0.15) is 4.99 Å². The Morgan fingerprint density at radius 1 is 1.09 bits per heavy atom. The van der Waals surface area contributed by atoms with Gasteiger partial charge >= 0.3 is 0 Å². The van der Waals surface area contributed by atoms with E-state index < -0.39 is 5.60 Å². The Bertz CT molecular complexity index is 1130. The lowest BCUT2D eigenvalue weighted by Crippen LogP contribution is -2.46. The zero-order chi connectivity index (χ0) is 22.7. The Morgan fingerprint density at radius 2 is 1.84 bits per heavy atom.